The number of benzene rings is 1. The first-order chi connectivity index (χ1) is 9.16. The molecule has 1 saturated heterocycles. The van der Waals surface area contributed by atoms with Gasteiger partial charge in [0.15, 0.2) is 0 Å². The molecular formula is C14H17FN2OS. The van der Waals surface area contributed by atoms with Crippen molar-refractivity contribution in [2.24, 2.45) is 0 Å². The molecule has 102 valence electrons. The van der Waals surface area contributed by atoms with Crippen LogP contribution < -0.4 is 5.32 Å². The number of nitrogens with zero attached hydrogens (tertiary/aromatic N) is 1. The summed E-state index contributed by atoms with van der Waals surface area (Å²) in [5.41, 5.74) is 0.480. The Balaban J connectivity index is 1.87. The van der Waals surface area contributed by atoms with Gasteiger partial charge in [-0.05, 0) is 36.8 Å². The minimum Gasteiger partial charge on any atom is -0.320 e. The number of nitrogens with one attached hydrogen (secondary N) is 1. The van der Waals surface area contributed by atoms with Crippen LogP contribution in [0, 0.1) is 5.82 Å². The highest BCUT2D eigenvalue weighted by molar-refractivity contribution is 7.98. The number of thioether (sulfide) groups is 1. The number of amides is 1. The van der Waals surface area contributed by atoms with Gasteiger partial charge in [-0.15, -0.1) is 0 Å². The molecule has 3 nitrogen and oxygen atoms in total. The SMILES string of the molecule is CSCCN1C(=O)C2(CC2)NC1c1cccc(F)c1. The normalized spacial score (nSPS) is 24.2. The molecule has 2 fully saturated rings. The topological polar surface area (TPSA) is 32.3 Å². The van der Waals surface area contributed by atoms with Crippen molar-refractivity contribution in [1.29, 1.82) is 0 Å². The molecule has 1 atom stereocenters. The van der Waals surface area contributed by atoms with Crippen LogP contribution >= 0.6 is 11.8 Å². The van der Waals surface area contributed by atoms with E-state index in [-0.39, 0.29) is 23.4 Å². The molecule has 1 heterocycles. The first kappa shape index (κ1) is 12.9. The van der Waals surface area contributed by atoms with E-state index in [0.717, 1.165) is 24.2 Å². The van der Waals surface area contributed by atoms with E-state index in [2.05, 4.69) is 5.32 Å². The van der Waals surface area contributed by atoms with Gasteiger partial charge in [-0.2, -0.15) is 11.8 Å². The Bertz CT molecular complexity index is 504. The zero-order chi connectivity index (χ0) is 13.5. The molecule has 0 bridgehead atoms. The molecule has 5 heteroatoms. The van der Waals surface area contributed by atoms with Crippen molar-refractivity contribution in [3.05, 3.63) is 35.6 Å². The molecule has 1 amide bonds. The van der Waals surface area contributed by atoms with Crippen molar-refractivity contribution < 1.29 is 9.18 Å². The first-order valence-electron chi connectivity index (χ1n) is 6.49. The summed E-state index contributed by atoms with van der Waals surface area (Å²) in [4.78, 5) is 14.3. The largest absolute Gasteiger partial charge is 0.320 e. The van der Waals surface area contributed by atoms with Gasteiger partial charge in [0, 0.05) is 12.3 Å². The number of carbonyl (C=O) groups is 1. The molecule has 1 aromatic carbocycles. The summed E-state index contributed by atoms with van der Waals surface area (Å²) in [6, 6.07) is 6.51. The molecule has 0 aromatic heterocycles. The summed E-state index contributed by atoms with van der Waals surface area (Å²) in [5, 5.41) is 3.39. The summed E-state index contributed by atoms with van der Waals surface area (Å²) in [6.07, 6.45) is 3.64. The van der Waals surface area contributed by atoms with Crippen molar-refractivity contribution >= 4 is 17.7 Å². The number of hydrogen-bond donors (Lipinski definition) is 1. The minimum absolute atomic E-state index is 0.177. The van der Waals surface area contributed by atoms with Gasteiger partial charge < -0.3 is 4.90 Å². The average molecular weight is 280 g/mol. The summed E-state index contributed by atoms with van der Waals surface area (Å²) >= 11 is 1.72. The molecular weight excluding hydrogens is 263 g/mol. The number of hydrogen-bond acceptors (Lipinski definition) is 3. The van der Waals surface area contributed by atoms with Crippen molar-refractivity contribution in [3.8, 4) is 0 Å². The van der Waals surface area contributed by atoms with Crippen LogP contribution in [0.2, 0.25) is 0 Å². The maximum atomic E-state index is 13.4. The summed E-state index contributed by atoms with van der Waals surface area (Å²) in [7, 11) is 0. The van der Waals surface area contributed by atoms with Gasteiger partial charge >= 0.3 is 0 Å². The van der Waals surface area contributed by atoms with Gasteiger partial charge in [0.1, 0.15) is 17.5 Å². The molecule has 1 N–H and O–H groups in total. The third kappa shape index (κ3) is 2.25. The average Bonchev–Trinajstić information content (AvgIpc) is 3.12. The predicted molar refractivity (Wildman–Crippen MR) is 74.3 cm³/mol. The highest BCUT2D eigenvalue weighted by atomic mass is 32.2. The zero-order valence-corrected chi connectivity index (χ0v) is 11.7. The minimum atomic E-state index is -0.352. The molecule has 1 saturated carbocycles. The zero-order valence-electron chi connectivity index (χ0n) is 10.9. The third-order valence-corrected chi connectivity index (χ3v) is 4.44. The smallest absolute Gasteiger partial charge is 0.244 e. The Kier molecular flexibility index (Phi) is 3.27. The lowest BCUT2D eigenvalue weighted by molar-refractivity contribution is -0.130. The lowest BCUT2D eigenvalue weighted by atomic mass is 10.1. The fourth-order valence-corrected chi connectivity index (χ4v) is 3.02. The fourth-order valence-electron chi connectivity index (χ4n) is 2.64. The standard InChI is InChI=1S/C14H17FN2OS/c1-19-8-7-17-12(10-3-2-4-11(15)9-10)16-14(5-6-14)13(17)18/h2-4,9,12,16H,5-8H2,1H3. The Morgan fingerprint density at radius 3 is 2.95 bits per heavy atom. The van der Waals surface area contributed by atoms with Crippen LogP contribution in [0.3, 0.4) is 0 Å². The van der Waals surface area contributed by atoms with Gasteiger partial charge in [0.25, 0.3) is 0 Å². The maximum Gasteiger partial charge on any atom is 0.244 e. The Labute approximate surface area is 116 Å². The van der Waals surface area contributed by atoms with Crippen LogP contribution in [-0.2, 0) is 4.79 Å². The van der Waals surface area contributed by atoms with Crippen molar-refractivity contribution in [2.75, 3.05) is 18.6 Å². The number of rotatable bonds is 4. The molecule has 1 aliphatic heterocycles. The molecule has 1 unspecified atom stereocenters. The summed E-state index contributed by atoms with van der Waals surface area (Å²) in [5.74, 6) is 0.819. The predicted octanol–water partition coefficient (Wildman–Crippen LogP) is 2.15. The molecule has 2 aliphatic rings. The van der Waals surface area contributed by atoms with Crippen LogP contribution in [0.25, 0.3) is 0 Å². The number of carbonyl (C=O) groups excluding carboxylic acids is 1. The van der Waals surface area contributed by atoms with Crippen LogP contribution in [-0.4, -0.2) is 34.9 Å². The summed E-state index contributed by atoms with van der Waals surface area (Å²) in [6.45, 7) is 0.704. The molecule has 3 rings (SSSR count). The van der Waals surface area contributed by atoms with Crippen LogP contribution in [0.15, 0.2) is 24.3 Å². The highest BCUT2D eigenvalue weighted by Gasteiger charge is 2.59. The van der Waals surface area contributed by atoms with E-state index >= 15 is 0 Å². The Morgan fingerprint density at radius 1 is 1.53 bits per heavy atom. The highest BCUT2D eigenvalue weighted by Crippen LogP contribution is 2.45. The van der Waals surface area contributed by atoms with Gasteiger partial charge in [0.2, 0.25) is 5.91 Å². The maximum absolute atomic E-state index is 13.4. The quantitative estimate of drug-likeness (QED) is 0.917. The van der Waals surface area contributed by atoms with E-state index in [9.17, 15) is 9.18 Å². The third-order valence-electron chi connectivity index (χ3n) is 3.85. The number of halogens is 1. The lowest BCUT2D eigenvalue weighted by Crippen LogP contribution is -2.33. The van der Waals surface area contributed by atoms with Gasteiger partial charge in [-0.1, -0.05) is 12.1 Å². The molecule has 19 heavy (non-hydrogen) atoms. The van der Waals surface area contributed by atoms with Gasteiger partial charge in [-0.3, -0.25) is 10.1 Å². The van der Waals surface area contributed by atoms with E-state index in [0.29, 0.717) is 6.54 Å². The monoisotopic (exact) mass is 280 g/mol. The van der Waals surface area contributed by atoms with Gasteiger partial charge in [0.05, 0.1) is 0 Å². The lowest BCUT2D eigenvalue weighted by Gasteiger charge is -2.24. The van der Waals surface area contributed by atoms with E-state index < -0.39 is 0 Å². The van der Waals surface area contributed by atoms with E-state index in [1.807, 2.05) is 17.2 Å². The molecule has 1 spiro atoms. The molecule has 1 aromatic rings. The van der Waals surface area contributed by atoms with Crippen molar-refractivity contribution in [3.63, 3.8) is 0 Å². The second kappa shape index (κ2) is 4.80. The van der Waals surface area contributed by atoms with E-state index in [1.165, 1.54) is 12.1 Å². The Morgan fingerprint density at radius 2 is 2.32 bits per heavy atom. The summed E-state index contributed by atoms with van der Waals surface area (Å²) < 4.78 is 13.4. The van der Waals surface area contributed by atoms with E-state index in [4.69, 9.17) is 0 Å². The second-order valence-corrected chi connectivity index (χ2v) is 6.16. The van der Waals surface area contributed by atoms with Crippen molar-refractivity contribution in [1.82, 2.24) is 10.2 Å². The second-order valence-electron chi connectivity index (χ2n) is 5.18. The Hall–Kier alpha value is -1.07. The van der Waals surface area contributed by atoms with E-state index in [1.54, 1.807) is 17.8 Å². The van der Waals surface area contributed by atoms with Crippen LogP contribution in [0.4, 0.5) is 4.39 Å². The van der Waals surface area contributed by atoms with Gasteiger partial charge in [-0.25, -0.2) is 4.39 Å². The van der Waals surface area contributed by atoms with Crippen LogP contribution in [0.1, 0.15) is 24.6 Å². The van der Waals surface area contributed by atoms with Crippen molar-refractivity contribution in [2.45, 2.75) is 24.5 Å². The van der Waals surface area contributed by atoms with Crippen LogP contribution in [0.5, 0.6) is 0 Å². The molecule has 0 radical (unpaired) electrons. The molecule has 1 aliphatic carbocycles. The fraction of sp³-hybridized carbons (Fsp3) is 0.500. The first-order valence-corrected chi connectivity index (χ1v) is 7.89.